The van der Waals surface area contributed by atoms with Gasteiger partial charge in [-0.2, -0.15) is 0 Å². The summed E-state index contributed by atoms with van der Waals surface area (Å²) in [4.78, 5) is 11.9. The number of aryl methyl sites for hydroxylation is 2. The maximum atomic E-state index is 11.9. The number of nitrogens with two attached hydrogens (primary N) is 1. The molecule has 0 spiro atoms. The molecule has 0 saturated carbocycles. The van der Waals surface area contributed by atoms with Crippen LogP contribution < -0.4 is 67.7 Å². The number of benzene rings is 1. The molecule has 1 unspecified atom stereocenters. The Labute approximate surface area is 179 Å². The molecule has 1 aliphatic rings. The van der Waals surface area contributed by atoms with E-state index in [1.54, 1.807) is 6.07 Å². The van der Waals surface area contributed by atoms with Crippen LogP contribution in [0.1, 0.15) is 40.3 Å². The summed E-state index contributed by atoms with van der Waals surface area (Å²) in [5.41, 5.74) is 13.6. The van der Waals surface area contributed by atoms with Crippen LogP contribution in [0.5, 0.6) is 5.75 Å². The molecule has 0 heterocycles. The van der Waals surface area contributed by atoms with E-state index >= 15 is 0 Å². The van der Waals surface area contributed by atoms with Crippen molar-refractivity contribution in [1.82, 2.24) is 0 Å². The first-order chi connectivity index (χ1) is 10.4. The second-order valence-electron chi connectivity index (χ2n) is 6.20. The predicted octanol–water partition coefficient (Wildman–Crippen LogP) is -0.337. The van der Waals surface area contributed by atoms with Crippen LogP contribution in [0.15, 0.2) is 29.1 Å². The van der Waals surface area contributed by atoms with Gasteiger partial charge in [0.15, 0.2) is 5.43 Å². The summed E-state index contributed by atoms with van der Waals surface area (Å²) in [6.45, 7) is 6.33. The molecule has 0 aromatic heterocycles. The predicted molar refractivity (Wildman–Crippen MR) is 87.1 cm³/mol. The first-order valence-corrected chi connectivity index (χ1v) is 7.61. The zero-order chi connectivity index (χ0) is 16.0. The molecule has 3 nitrogen and oxygen atoms in total. The minimum atomic E-state index is -0.485. The standard InChI is InChI=1S/C19H21NO2.K/c1-10-8-13-4-6-16(20)15-9-18(22)17(21)7-5-14(15)19(13)12(3)11(10)2;/h5,7-9,16H,4,6,20H2,1-3H3,(H,21,22);/q;+1/p-1. The Kier molecular flexibility index (Phi) is 5.88. The average molecular weight is 333 g/mol. The van der Waals surface area contributed by atoms with E-state index < -0.39 is 11.2 Å². The molecule has 0 aliphatic heterocycles. The molecule has 1 aliphatic carbocycles. The van der Waals surface area contributed by atoms with Crippen molar-refractivity contribution in [2.75, 3.05) is 0 Å². The van der Waals surface area contributed by atoms with Crippen molar-refractivity contribution >= 4 is 0 Å². The summed E-state index contributed by atoms with van der Waals surface area (Å²) >= 11 is 0. The van der Waals surface area contributed by atoms with Gasteiger partial charge in [0.2, 0.25) is 0 Å². The molecule has 1 atom stereocenters. The quantitative estimate of drug-likeness (QED) is 0.671. The molecule has 23 heavy (non-hydrogen) atoms. The van der Waals surface area contributed by atoms with E-state index in [0.29, 0.717) is 0 Å². The third-order valence-corrected chi connectivity index (χ3v) is 4.88. The molecule has 2 aromatic carbocycles. The van der Waals surface area contributed by atoms with Crippen molar-refractivity contribution < 1.29 is 56.5 Å². The van der Waals surface area contributed by atoms with Crippen LogP contribution in [0.2, 0.25) is 0 Å². The van der Waals surface area contributed by atoms with Crippen molar-refractivity contribution in [1.29, 1.82) is 0 Å². The van der Waals surface area contributed by atoms with Gasteiger partial charge in [-0.3, -0.25) is 4.79 Å². The largest absolute Gasteiger partial charge is 1.00 e. The topological polar surface area (TPSA) is 66.1 Å². The van der Waals surface area contributed by atoms with Gasteiger partial charge in [0.1, 0.15) is 0 Å². The van der Waals surface area contributed by atoms with Crippen LogP contribution in [-0.4, -0.2) is 0 Å². The smallest absolute Gasteiger partial charge is 0.870 e. The summed E-state index contributed by atoms with van der Waals surface area (Å²) in [6.07, 6.45) is 1.66. The summed E-state index contributed by atoms with van der Waals surface area (Å²) < 4.78 is 0. The summed E-state index contributed by atoms with van der Waals surface area (Å²) in [5, 5.41) is 11.7. The van der Waals surface area contributed by atoms with Crippen LogP contribution in [0.3, 0.4) is 0 Å². The van der Waals surface area contributed by atoms with Crippen LogP contribution in [-0.2, 0) is 6.42 Å². The molecule has 114 valence electrons. The van der Waals surface area contributed by atoms with Crippen LogP contribution >= 0.6 is 0 Å². The van der Waals surface area contributed by atoms with Crippen molar-refractivity contribution in [2.45, 2.75) is 39.7 Å². The van der Waals surface area contributed by atoms with E-state index in [2.05, 4.69) is 26.8 Å². The molecule has 3 rings (SSSR count). The van der Waals surface area contributed by atoms with E-state index in [0.717, 1.165) is 29.5 Å². The third-order valence-electron chi connectivity index (χ3n) is 4.88. The Balaban J connectivity index is 0.00000192. The van der Waals surface area contributed by atoms with Crippen LogP contribution in [0.25, 0.3) is 11.1 Å². The zero-order valence-electron chi connectivity index (χ0n) is 14.2. The van der Waals surface area contributed by atoms with Crippen molar-refractivity contribution in [3.05, 3.63) is 62.3 Å². The van der Waals surface area contributed by atoms with Crippen LogP contribution in [0.4, 0.5) is 0 Å². The maximum absolute atomic E-state index is 11.9. The second kappa shape index (κ2) is 7.17. The van der Waals surface area contributed by atoms with Crippen LogP contribution in [0, 0.1) is 20.8 Å². The van der Waals surface area contributed by atoms with Crippen molar-refractivity contribution in [3.63, 3.8) is 0 Å². The Morgan fingerprint density at radius 2 is 1.83 bits per heavy atom. The third kappa shape index (κ3) is 3.34. The van der Waals surface area contributed by atoms with Gasteiger partial charge in [-0.25, -0.2) is 0 Å². The fourth-order valence-electron chi connectivity index (χ4n) is 3.37. The van der Waals surface area contributed by atoms with E-state index in [4.69, 9.17) is 5.73 Å². The monoisotopic (exact) mass is 333 g/mol. The fourth-order valence-corrected chi connectivity index (χ4v) is 3.37. The molecule has 0 amide bonds. The number of rotatable bonds is 0. The van der Waals surface area contributed by atoms with E-state index in [9.17, 15) is 9.90 Å². The first kappa shape index (κ1) is 18.8. The Morgan fingerprint density at radius 3 is 2.52 bits per heavy atom. The molecule has 0 fully saturated rings. The van der Waals surface area contributed by atoms with E-state index in [1.807, 2.05) is 0 Å². The fraction of sp³-hybridized carbons (Fsp3) is 0.316. The number of hydrogen-bond donors (Lipinski definition) is 1. The van der Waals surface area contributed by atoms with Gasteiger partial charge in [0.05, 0.1) is 0 Å². The molecule has 2 N–H and O–H groups in total. The summed E-state index contributed by atoms with van der Waals surface area (Å²) in [6, 6.07) is 6.57. The second-order valence-corrected chi connectivity index (χ2v) is 6.20. The molecule has 4 heteroatoms. The molecular formula is C19H20KNO2. The van der Waals surface area contributed by atoms with Gasteiger partial charge in [0.25, 0.3) is 0 Å². The molecule has 2 aromatic rings. The number of fused-ring (bicyclic) bond motifs is 3. The minimum Gasteiger partial charge on any atom is -0.870 e. The molecular weight excluding hydrogens is 313 g/mol. The first-order valence-electron chi connectivity index (χ1n) is 7.61. The normalized spacial score (nSPS) is 15.9. The maximum Gasteiger partial charge on any atom is 1.00 e. The van der Waals surface area contributed by atoms with Gasteiger partial charge in [-0.15, -0.1) is 0 Å². The zero-order valence-corrected chi connectivity index (χ0v) is 17.3. The molecule has 0 bridgehead atoms. The SMILES string of the molecule is Cc1cc2c(c(C)c1C)-c1ccc([O-])c(=O)cc1C(N)CC2.[K+]. The summed E-state index contributed by atoms with van der Waals surface area (Å²) in [7, 11) is 0. The Hall–Kier alpha value is -0.494. The van der Waals surface area contributed by atoms with Gasteiger partial charge in [-0.05, 0) is 78.6 Å². The van der Waals surface area contributed by atoms with Crippen molar-refractivity contribution in [2.24, 2.45) is 5.73 Å². The van der Waals surface area contributed by atoms with Crippen molar-refractivity contribution in [3.8, 4) is 16.9 Å². The van der Waals surface area contributed by atoms with Gasteiger partial charge in [0, 0.05) is 6.04 Å². The molecule has 0 saturated heterocycles. The molecule has 0 radical (unpaired) electrons. The Bertz CT molecular complexity index is 830. The average Bonchev–Trinajstić information content (AvgIpc) is 2.70. The van der Waals surface area contributed by atoms with E-state index in [-0.39, 0.29) is 57.4 Å². The van der Waals surface area contributed by atoms with Gasteiger partial charge >= 0.3 is 51.4 Å². The number of hydrogen-bond acceptors (Lipinski definition) is 3. The van der Waals surface area contributed by atoms with E-state index in [1.165, 1.54) is 34.4 Å². The minimum absolute atomic E-state index is 0. The van der Waals surface area contributed by atoms with Gasteiger partial charge < -0.3 is 10.8 Å². The summed E-state index contributed by atoms with van der Waals surface area (Å²) in [5.74, 6) is -0.483. The van der Waals surface area contributed by atoms with Gasteiger partial charge in [-0.1, -0.05) is 23.9 Å². The Morgan fingerprint density at radius 1 is 1.13 bits per heavy atom.